The first-order chi connectivity index (χ1) is 13.5. The predicted octanol–water partition coefficient (Wildman–Crippen LogP) is 4.33. The van der Waals surface area contributed by atoms with Crippen molar-refractivity contribution in [3.8, 4) is 0 Å². The fourth-order valence-corrected chi connectivity index (χ4v) is 2.78. The standard InChI is InChI=1S/C19H20ClN3/c20-16-9-7-15(8-10-16)13-23-18-6-2-1-5-17(18)21-19(23)14-22-11-3-4-12-22/h1-2,5-10H,3-4,11-14H2/i11D2,12D2,13D2. The van der Waals surface area contributed by atoms with Crippen molar-refractivity contribution in [3.05, 3.63) is 64.9 Å². The van der Waals surface area contributed by atoms with E-state index in [1.54, 1.807) is 48.5 Å². The van der Waals surface area contributed by atoms with Gasteiger partial charge in [0.15, 0.2) is 0 Å². The van der Waals surface area contributed by atoms with Crippen LogP contribution in [0.2, 0.25) is 5.02 Å². The molecule has 0 amide bonds. The van der Waals surface area contributed by atoms with Gasteiger partial charge in [0, 0.05) is 17.0 Å². The Labute approximate surface area is 149 Å². The molecule has 1 fully saturated rings. The molecule has 1 aliphatic rings. The quantitative estimate of drug-likeness (QED) is 0.709. The molecule has 118 valence electrons. The summed E-state index contributed by atoms with van der Waals surface area (Å²) in [5.74, 6) is 0.265. The summed E-state index contributed by atoms with van der Waals surface area (Å²) in [6.07, 6.45) is 0.147. The molecule has 0 radical (unpaired) electrons. The smallest absolute Gasteiger partial charge is 0.124 e. The van der Waals surface area contributed by atoms with Crippen molar-refractivity contribution in [2.45, 2.75) is 25.9 Å². The molecule has 2 aromatic carbocycles. The molecule has 0 bridgehead atoms. The Balaban J connectivity index is 1.87. The number of benzene rings is 2. The van der Waals surface area contributed by atoms with Crippen LogP contribution in [0.1, 0.15) is 32.5 Å². The van der Waals surface area contributed by atoms with Crippen LogP contribution >= 0.6 is 11.6 Å². The second-order valence-electron chi connectivity index (χ2n) is 5.37. The number of imidazole rings is 1. The lowest BCUT2D eigenvalue weighted by Crippen LogP contribution is -2.21. The Morgan fingerprint density at radius 3 is 2.61 bits per heavy atom. The van der Waals surface area contributed by atoms with E-state index in [0.29, 0.717) is 21.6 Å². The number of likely N-dealkylation sites (tertiary alicyclic amines) is 1. The SMILES string of the molecule is [2H]C1([2H])CCC([2H])([2H])N1Cc1nc2ccccc2n1C([2H])([2H])c1ccc(Cl)cc1. The third-order valence-electron chi connectivity index (χ3n) is 3.75. The molecule has 0 aliphatic carbocycles. The molecule has 0 N–H and O–H groups in total. The van der Waals surface area contributed by atoms with Crippen LogP contribution < -0.4 is 0 Å². The monoisotopic (exact) mass is 331 g/mol. The van der Waals surface area contributed by atoms with Crippen LogP contribution in [0.4, 0.5) is 0 Å². The van der Waals surface area contributed by atoms with Crippen LogP contribution in [-0.4, -0.2) is 27.4 Å². The molecule has 0 unspecified atom stereocenters. The van der Waals surface area contributed by atoms with Crippen LogP contribution in [0.25, 0.3) is 11.0 Å². The first kappa shape index (κ1) is 9.45. The molecule has 2 heterocycles. The summed E-state index contributed by atoms with van der Waals surface area (Å²) in [5, 5.41) is 0.499. The third kappa shape index (κ3) is 3.12. The van der Waals surface area contributed by atoms with E-state index in [0.717, 1.165) is 4.90 Å². The highest BCUT2D eigenvalue weighted by Gasteiger charge is 2.17. The summed E-state index contributed by atoms with van der Waals surface area (Å²) in [6.45, 7) is -5.81. The van der Waals surface area contributed by atoms with Gasteiger partial charge in [0.2, 0.25) is 0 Å². The molecule has 1 saturated heterocycles. The van der Waals surface area contributed by atoms with Gasteiger partial charge in [-0.25, -0.2) is 4.98 Å². The van der Waals surface area contributed by atoms with E-state index >= 15 is 0 Å². The number of rotatable bonds is 4. The summed E-state index contributed by atoms with van der Waals surface area (Å²) in [7, 11) is 0. The average molecular weight is 332 g/mol. The van der Waals surface area contributed by atoms with E-state index in [1.807, 2.05) is 0 Å². The lowest BCUT2D eigenvalue weighted by atomic mass is 10.2. The topological polar surface area (TPSA) is 21.1 Å². The predicted molar refractivity (Wildman–Crippen MR) is 94.8 cm³/mol. The van der Waals surface area contributed by atoms with Crippen LogP contribution in [0, 0.1) is 0 Å². The number of para-hydroxylation sites is 2. The van der Waals surface area contributed by atoms with Gasteiger partial charge in [-0.05, 0) is 55.7 Å². The number of halogens is 1. The van der Waals surface area contributed by atoms with Crippen LogP contribution in [0.5, 0.6) is 0 Å². The van der Waals surface area contributed by atoms with E-state index in [-0.39, 0.29) is 25.2 Å². The molecule has 0 saturated carbocycles. The highest BCUT2D eigenvalue weighted by molar-refractivity contribution is 6.30. The molecule has 1 aromatic heterocycles. The Morgan fingerprint density at radius 1 is 1.09 bits per heavy atom. The minimum Gasteiger partial charge on any atom is -0.322 e. The van der Waals surface area contributed by atoms with Gasteiger partial charge in [-0.1, -0.05) is 35.9 Å². The van der Waals surface area contributed by atoms with Crippen molar-refractivity contribution in [2.75, 3.05) is 13.0 Å². The van der Waals surface area contributed by atoms with Crippen molar-refractivity contribution in [1.82, 2.24) is 14.5 Å². The van der Waals surface area contributed by atoms with Crippen molar-refractivity contribution in [1.29, 1.82) is 0 Å². The maximum atomic E-state index is 8.83. The van der Waals surface area contributed by atoms with Crippen LogP contribution in [0.15, 0.2) is 48.5 Å². The van der Waals surface area contributed by atoms with E-state index in [4.69, 9.17) is 19.8 Å². The second-order valence-corrected chi connectivity index (χ2v) is 5.81. The molecule has 3 aromatic rings. The first-order valence-corrected chi connectivity index (χ1v) is 7.91. The van der Waals surface area contributed by atoms with Gasteiger partial charge in [-0.15, -0.1) is 0 Å². The minimum absolute atomic E-state index is 0.0737. The Hall–Kier alpha value is -1.84. The molecular weight excluding hydrogens is 306 g/mol. The lowest BCUT2D eigenvalue weighted by molar-refractivity contribution is 0.318. The fourth-order valence-electron chi connectivity index (χ4n) is 2.65. The Morgan fingerprint density at radius 2 is 1.83 bits per heavy atom. The minimum atomic E-state index is -1.99. The third-order valence-corrected chi connectivity index (χ3v) is 4.00. The highest BCUT2D eigenvalue weighted by atomic mass is 35.5. The molecule has 1 aliphatic heterocycles. The Bertz CT molecular complexity index is 1030. The number of hydrogen-bond donors (Lipinski definition) is 0. The molecule has 0 atom stereocenters. The van der Waals surface area contributed by atoms with Crippen molar-refractivity contribution in [3.63, 3.8) is 0 Å². The van der Waals surface area contributed by atoms with Gasteiger partial charge in [0.25, 0.3) is 0 Å². The van der Waals surface area contributed by atoms with Gasteiger partial charge in [-0.3, -0.25) is 4.90 Å². The molecule has 3 nitrogen and oxygen atoms in total. The summed E-state index contributed by atoms with van der Waals surface area (Å²) in [4.78, 5) is 5.67. The summed E-state index contributed by atoms with van der Waals surface area (Å²) in [6, 6.07) is 13.6. The second kappa shape index (κ2) is 6.34. The summed E-state index contributed by atoms with van der Waals surface area (Å²) >= 11 is 5.96. The van der Waals surface area contributed by atoms with E-state index in [1.165, 1.54) is 4.57 Å². The highest BCUT2D eigenvalue weighted by Crippen LogP contribution is 2.21. The normalized spacial score (nSPS) is 24.4. The number of nitrogens with zero attached hydrogens (tertiary/aromatic N) is 3. The van der Waals surface area contributed by atoms with Crippen molar-refractivity contribution in [2.24, 2.45) is 0 Å². The van der Waals surface area contributed by atoms with Gasteiger partial charge < -0.3 is 4.57 Å². The number of aromatic nitrogens is 2. The molecule has 4 heteroatoms. The van der Waals surface area contributed by atoms with Crippen LogP contribution in [-0.2, 0) is 13.0 Å². The average Bonchev–Trinajstić information content (AvgIpc) is 3.12. The number of fused-ring (bicyclic) bond motifs is 1. The summed E-state index contributed by atoms with van der Waals surface area (Å²) in [5.41, 5.74) is 1.50. The van der Waals surface area contributed by atoms with Gasteiger partial charge >= 0.3 is 0 Å². The van der Waals surface area contributed by atoms with E-state index in [9.17, 15) is 0 Å². The van der Waals surface area contributed by atoms with Gasteiger partial charge in [-0.2, -0.15) is 0 Å². The Kier molecular flexibility index (Phi) is 2.61. The fraction of sp³-hybridized carbons (Fsp3) is 0.316. The molecular formula is C19H20ClN3. The zero-order chi connectivity index (χ0) is 21.0. The summed E-state index contributed by atoms with van der Waals surface area (Å²) < 4.78 is 51.9. The van der Waals surface area contributed by atoms with Crippen LogP contribution in [0.3, 0.4) is 0 Å². The maximum absolute atomic E-state index is 8.83. The van der Waals surface area contributed by atoms with Gasteiger partial charge in [0.05, 0.1) is 20.3 Å². The van der Waals surface area contributed by atoms with E-state index in [2.05, 4.69) is 4.98 Å². The lowest BCUT2D eigenvalue weighted by Gasteiger charge is -2.16. The van der Waals surface area contributed by atoms with E-state index < -0.39 is 19.5 Å². The zero-order valence-corrected chi connectivity index (χ0v) is 13.2. The number of hydrogen-bond acceptors (Lipinski definition) is 2. The van der Waals surface area contributed by atoms with Crippen molar-refractivity contribution >= 4 is 22.6 Å². The van der Waals surface area contributed by atoms with Crippen molar-refractivity contribution < 1.29 is 8.22 Å². The first-order valence-electron chi connectivity index (χ1n) is 10.5. The molecule has 4 rings (SSSR count). The zero-order valence-electron chi connectivity index (χ0n) is 18.5. The molecule has 23 heavy (non-hydrogen) atoms. The molecule has 0 spiro atoms. The largest absolute Gasteiger partial charge is 0.322 e. The van der Waals surface area contributed by atoms with Gasteiger partial charge in [0.1, 0.15) is 5.82 Å². The maximum Gasteiger partial charge on any atom is 0.124 e.